The van der Waals surface area contributed by atoms with Crippen molar-refractivity contribution in [2.45, 2.75) is 20.0 Å². The molecule has 0 amide bonds. The van der Waals surface area contributed by atoms with Gasteiger partial charge in [-0.25, -0.2) is 19.9 Å². The van der Waals surface area contributed by atoms with Gasteiger partial charge in [0.05, 0.1) is 45.1 Å². The lowest BCUT2D eigenvalue weighted by atomic mass is 9.95. The summed E-state index contributed by atoms with van der Waals surface area (Å²) in [6.45, 7) is 4.12. The molecule has 0 atom stereocenters. The van der Waals surface area contributed by atoms with Crippen LogP contribution in [0.5, 0.6) is 0 Å². The number of aryl methyl sites for hydroxylation is 2. The molecular weight excluding hydrogens is 908 g/mol. The van der Waals surface area contributed by atoms with Gasteiger partial charge in [0.1, 0.15) is 0 Å². The highest BCUT2D eigenvalue weighted by Gasteiger charge is 2.35. The second kappa shape index (κ2) is 18.5. The summed E-state index contributed by atoms with van der Waals surface area (Å²) in [6, 6.07) is 74.0. The highest BCUT2D eigenvalue weighted by atomic mass is 19.4. The summed E-state index contributed by atoms with van der Waals surface area (Å²) in [5.41, 5.74) is 12.5. The van der Waals surface area contributed by atoms with Gasteiger partial charge in [-0.3, -0.25) is 0 Å². The third-order valence-electron chi connectivity index (χ3n) is 13.4. The molecule has 73 heavy (non-hydrogen) atoms. The Balaban J connectivity index is 1.27. The zero-order chi connectivity index (χ0) is 49.6. The van der Waals surface area contributed by atoms with Crippen molar-refractivity contribution in [1.29, 1.82) is 0 Å². The van der Waals surface area contributed by atoms with Crippen LogP contribution in [0.3, 0.4) is 0 Å². The van der Waals surface area contributed by atoms with Crippen molar-refractivity contribution < 1.29 is 13.2 Å². The molecular formula is C65H44F3N5. The molecule has 0 unspecified atom stereocenters. The predicted molar refractivity (Wildman–Crippen MR) is 290 cm³/mol. The molecule has 5 nitrogen and oxygen atoms in total. The molecule has 0 saturated carbocycles. The van der Waals surface area contributed by atoms with Crippen LogP contribution in [0.15, 0.2) is 231 Å². The first-order valence-corrected chi connectivity index (χ1v) is 24.1. The van der Waals surface area contributed by atoms with Gasteiger partial charge in [0.25, 0.3) is 0 Å². The quantitative estimate of drug-likeness (QED) is 0.145. The summed E-state index contributed by atoms with van der Waals surface area (Å²) < 4.78 is 50.1. The molecule has 0 fully saturated rings. The van der Waals surface area contributed by atoms with Crippen LogP contribution >= 0.6 is 0 Å². The lowest BCUT2D eigenvalue weighted by Gasteiger charge is -2.22. The number of nitrogens with zero attached hydrogens (tertiary/aromatic N) is 5. The van der Waals surface area contributed by atoms with Gasteiger partial charge in [0, 0.05) is 44.2 Å². The summed E-state index contributed by atoms with van der Waals surface area (Å²) in [4.78, 5) is 20.6. The molecule has 0 bridgehead atoms. The van der Waals surface area contributed by atoms with Crippen LogP contribution in [0, 0.1) is 13.8 Å². The van der Waals surface area contributed by atoms with E-state index in [1.54, 1.807) is 12.1 Å². The smallest absolute Gasteiger partial charge is 0.308 e. The van der Waals surface area contributed by atoms with Gasteiger partial charge < -0.3 is 4.57 Å². The molecule has 9 aromatic carbocycles. The van der Waals surface area contributed by atoms with E-state index in [4.69, 9.17) is 19.9 Å². The predicted octanol–water partition coefficient (Wildman–Crippen LogP) is 17.3. The number of benzene rings is 9. The SMILES string of the molecule is Cc1ccc(-c2ccc3c4ccc(-c5ccc(C)cc5)cc4n(-c4c(-c5cc(-c6ccccc6)nc(-c6ccccc6)n5)cc(C(F)(F)F)cc4-c4cc(-c5ccccc5)nc(-c5ccccc5)n4)c3c2)cc1. The molecule has 0 aliphatic heterocycles. The maximum Gasteiger partial charge on any atom is 0.416 e. The lowest BCUT2D eigenvalue weighted by Crippen LogP contribution is -2.10. The average molecular weight is 952 g/mol. The zero-order valence-electron chi connectivity index (χ0n) is 39.8. The Bertz CT molecular complexity index is 3620. The normalized spacial score (nSPS) is 11.6. The van der Waals surface area contributed by atoms with Crippen molar-refractivity contribution in [3.05, 3.63) is 247 Å². The van der Waals surface area contributed by atoms with Crippen molar-refractivity contribution in [3.8, 4) is 95.7 Å². The fourth-order valence-corrected chi connectivity index (χ4v) is 9.66. The van der Waals surface area contributed by atoms with Crippen molar-refractivity contribution in [2.24, 2.45) is 0 Å². The second-order valence-corrected chi connectivity index (χ2v) is 18.3. The Morgan fingerprint density at radius 2 is 0.671 bits per heavy atom. The van der Waals surface area contributed by atoms with E-state index in [0.717, 1.165) is 66.3 Å². The Hall–Kier alpha value is -9.27. The van der Waals surface area contributed by atoms with E-state index in [9.17, 15) is 0 Å². The summed E-state index contributed by atoms with van der Waals surface area (Å²) in [5, 5.41) is 1.85. The molecule has 8 heteroatoms. The molecule has 0 spiro atoms. The van der Waals surface area contributed by atoms with Crippen LogP contribution in [-0.2, 0) is 6.18 Å². The first-order valence-electron chi connectivity index (χ1n) is 24.1. The fourth-order valence-electron chi connectivity index (χ4n) is 9.66. The van der Waals surface area contributed by atoms with Crippen LogP contribution in [0.4, 0.5) is 13.2 Å². The van der Waals surface area contributed by atoms with Crippen LogP contribution in [0.2, 0.25) is 0 Å². The van der Waals surface area contributed by atoms with Gasteiger partial charge in [-0.1, -0.05) is 205 Å². The molecule has 0 radical (unpaired) electrons. The number of aromatic nitrogens is 5. The van der Waals surface area contributed by atoms with Crippen molar-refractivity contribution in [2.75, 3.05) is 0 Å². The van der Waals surface area contributed by atoms with Crippen molar-refractivity contribution in [3.63, 3.8) is 0 Å². The minimum absolute atomic E-state index is 0.239. The highest BCUT2D eigenvalue weighted by Crippen LogP contribution is 2.47. The third-order valence-corrected chi connectivity index (χ3v) is 13.4. The number of rotatable bonds is 9. The molecule has 350 valence electrons. The van der Waals surface area contributed by atoms with Gasteiger partial charge in [-0.05, 0) is 72.5 Å². The summed E-state index contributed by atoms with van der Waals surface area (Å²) in [6.07, 6.45) is -4.78. The topological polar surface area (TPSA) is 56.5 Å². The lowest BCUT2D eigenvalue weighted by molar-refractivity contribution is -0.137. The van der Waals surface area contributed by atoms with Gasteiger partial charge in [-0.15, -0.1) is 0 Å². The molecule has 12 rings (SSSR count). The van der Waals surface area contributed by atoms with E-state index >= 15 is 13.2 Å². The van der Waals surface area contributed by atoms with Gasteiger partial charge >= 0.3 is 6.18 Å². The molecule has 12 aromatic rings. The highest BCUT2D eigenvalue weighted by molar-refractivity contribution is 6.12. The largest absolute Gasteiger partial charge is 0.416 e. The van der Waals surface area contributed by atoms with Crippen LogP contribution in [0.25, 0.3) is 118 Å². The molecule has 0 saturated heterocycles. The summed E-state index contributed by atoms with van der Waals surface area (Å²) >= 11 is 0. The first-order chi connectivity index (χ1) is 35.6. The van der Waals surface area contributed by atoms with Gasteiger partial charge in [0.15, 0.2) is 11.6 Å². The van der Waals surface area contributed by atoms with Crippen molar-refractivity contribution in [1.82, 2.24) is 24.5 Å². The van der Waals surface area contributed by atoms with Crippen LogP contribution < -0.4 is 0 Å². The van der Waals surface area contributed by atoms with E-state index in [2.05, 4.69) is 103 Å². The molecule has 0 aliphatic rings. The Morgan fingerprint density at radius 3 is 1.04 bits per heavy atom. The summed E-state index contributed by atoms with van der Waals surface area (Å²) in [5.74, 6) is 0.735. The van der Waals surface area contributed by atoms with Gasteiger partial charge in [0.2, 0.25) is 0 Å². The third kappa shape index (κ3) is 8.74. The van der Waals surface area contributed by atoms with E-state index in [1.165, 1.54) is 12.1 Å². The average Bonchev–Trinajstić information content (AvgIpc) is 3.76. The van der Waals surface area contributed by atoms with E-state index in [-0.39, 0.29) is 11.1 Å². The molecule has 3 heterocycles. The Morgan fingerprint density at radius 1 is 0.329 bits per heavy atom. The Kier molecular flexibility index (Phi) is 11.4. The number of halogens is 3. The number of hydrogen-bond donors (Lipinski definition) is 0. The minimum Gasteiger partial charge on any atom is -0.308 e. The van der Waals surface area contributed by atoms with E-state index in [1.807, 2.05) is 121 Å². The number of alkyl halides is 3. The monoisotopic (exact) mass is 951 g/mol. The van der Waals surface area contributed by atoms with E-state index < -0.39 is 11.7 Å². The van der Waals surface area contributed by atoms with Crippen LogP contribution in [-0.4, -0.2) is 24.5 Å². The van der Waals surface area contributed by atoms with Crippen molar-refractivity contribution >= 4 is 21.8 Å². The van der Waals surface area contributed by atoms with Gasteiger partial charge in [-0.2, -0.15) is 13.2 Å². The first kappa shape index (κ1) is 44.9. The Labute approximate surface area is 420 Å². The fraction of sp³-hybridized carbons (Fsp3) is 0.0462. The molecule has 3 aromatic heterocycles. The zero-order valence-corrected chi connectivity index (χ0v) is 39.8. The van der Waals surface area contributed by atoms with E-state index in [0.29, 0.717) is 51.2 Å². The molecule has 0 aliphatic carbocycles. The standard InChI is InChI=1S/C65H44F3N5/c1-41-23-27-43(28-24-41)49-31-33-52-53-34-32-50(44-29-25-42(2)26-30-44)36-61(53)73(60(52)35-49)62-54(58-39-56(45-15-7-3-8-16-45)69-63(71-58)47-19-11-5-12-20-47)37-51(65(66,67)68)38-55(62)59-40-57(46-17-9-4-10-18-46)70-64(72-59)48-21-13-6-14-22-48/h3-40H,1-2H3. The summed E-state index contributed by atoms with van der Waals surface area (Å²) in [7, 11) is 0. The van der Waals surface area contributed by atoms with Crippen LogP contribution in [0.1, 0.15) is 16.7 Å². The number of fused-ring (bicyclic) bond motifs is 3. The maximum absolute atomic E-state index is 16.0. The number of hydrogen-bond acceptors (Lipinski definition) is 4. The molecule has 0 N–H and O–H groups in total. The maximum atomic E-state index is 16.0. The minimum atomic E-state index is -4.78. The second-order valence-electron chi connectivity index (χ2n) is 18.3.